The van der Waals surface area contributed by atoms with Gasteiger partial charge >= 0.3 is 12.2 Å². The fourth-order valence-corrected chi connectivity index (χ4v) is 0.592. The van der Waals surface area contributed by atoms with Gasteiger partial charge in [0.2, 0.25) is 0 Å². The molecule has 6 heteroatoms. The van der Waals surface area contributed by atoms with Gasteiger partial charge in [-0.2, -0.15) is 0 Å². The Labute approximate surface area is 82.9 Å². The minimum absolute atomic E-state index is 0.230. The molecule has 0 rings (SSSR count). The molecule has 2 N–H and O–H groups in total. The van der Waals surface area contributed by atoms with Crippen molar-refractivity contribution in [3.63, 3.8) is 0 Å². The van der Waals surface area contributed by atoms with Gasteiger partial charge in [-0.05, 0) is 12.8 Å². The van der Waals surface area contributed by atoms with Crippen LogP contribution in [0.25, 0.3) is 0 Å². The third-order valence-electron chi connectivity index (χ3n) is 1.25. The molecule has 2 amide bonds. The molecule has 0 aliphatic carbocycles. The van der Waals surface area contributed by atoms with E-state index in [2.05, 4.69) is 9.47 Å². The van der Waals surface area contributed by atoms with Crippen molar-refractivity contribution in [1.82, 2.24) is 5.01 Å². The third-order valence-corrected chi connectivity index (χ3v) is 1.25. The number of imide groups is 1. The van der Waals surface area contributed by atoms with Gasteiger partial charge in [-0.15, -0.1) is 5.01 Å². The number of carbonyl (C=O) groups excluding carboxylic acids is 2. The van der Waals surface area contributed by atoms with E-state index in [1.165, 1.54) is 0 Å². The summed E-state index contributed by atoms with van der Waals surface area (Å²) in [5, 5.41) is 0.325. The first-order chi connectivity index (χ1) is 6.63. The van der Waals surface area contributed by atoms with Crippen LogP contribution in [0.5, 0.6) is 0 Å². The zero-order chi connectivity index (χ0) is 11.0. The number of hydrazine groups is 1. The van der Waals surface area contributed by atoms with Gasteiger partial charge in [0.15, 0.2) is 0 Å². The zero-order valence-electron chi connectivity index (χ0n) is 8.49. The van der Waals surface area contributed by atoms with Crippen LogP contribution in [0.4, 0.5) is 9.59 Å². The van der Waals surface area contributed by atoms with Crippen LogP contribution in [0.2, 0.25) is 0 Å². The lowest BCUT2D eigenvalue weighted by molar-refractivity contribution is 0.0765. The largest absolute Gasteiger partial charge is 0.448 e. The maximum absolute atomic E-state index is 11.0. The summed E-state index contributed by atoms with van der Waals surface area (Å²) in [6, 6.07) is 0. The second kappa shape index (κ2) is 7.14. The van der Waals surface area contributed by atoms with Gasteiger partial charge in [-0.25, -0.2) is 15.4 Å². The summed E-state index contributed by atoms with van der Waals surface area (Å²) < 4.78 is 9.23. The summed E-state index contributed by atoms with van der Waals surface area (Å²) in [5.74, 6) is 5.13. The molecule has 0 saturated heterocycles. The Morgan fingerprint density at radius 3 is 1.71 bits per heavy atom. The number of amides is 2. The number of hydrogen-bond acceptors (Lipinski definition) is 5. The monoisotopic (exact) mass is 204 g/mol. The molecule has 0 radical (unpaired) electrons. The van der Waals surface area contributed by atoms with Gasteiger partial charge in [0.05, 0.1) is 13.2 Å². The SMILES string of the molecule is CCCOC(=O)N(N)C(=O)OCCC. The Morgan fingerprint density at radius 1 is 1.07 bits per heavy atom. The summed E-state index contributed by atoms with van der Waals surface area (Å²) in [5.41, 5.74) is 0. The minimum atomic E-state index is -0.895. The molecule has 14 heavy (non-hydrogen) atoms. The van der Waals surface area contributed by atoms with Crippen molar-refractivity contribution in [3.05, 3.63) is 0 Å². The summed E-state index contributed by atoms with van der Waals surface area (Å²) in [6.07, 6.45) is -0.450. The minimum Gasteiger partial charge on any atom is -0.448 e. The van der Waals surface area contributed by atoms with Gasteiger partial charge in [-0.3, -0.25) is 0 Å². The maximum atomic E-state index is 11.0. The lowest BCUT2D eigenvalue weighted by Crippen LogP contribution is -2.43. The number of hydrogen-bond donors (Lipinski definition) is 1. The number of nitrogens with two attached hydrogens (primary N) is 1. The Morgan fingerprint density at radius 2 is 1.43 bits per heavy atom. The molecule has 0 heterocycles. The summed E-state index contributed by atoms with van der Waals surface area (Å²) in [6.45, 7) is 4.13. The predicted octanol–water partition coefficient (Wildman–Crippen LogP) is 1.26. The standard InChI is InChI=1S/C8H16N2O4/c1-3-5-13-7(11)10(9)8(12)14-6-4-2/h3-6,9H2,1-2H3. The van der Waals surface area contributed by atoms with Crippen molar-refractivity contribution in [2.24, 2.45) is 5.84 Å². The average molecular weight is 204 g/mol. The van der Waals surface area contributed by atoms with Crippen LogP contribution in [0.1, 0.15) is 26.7 Å². The van der Waals surface area contributed by atoms with Crippen LogP contribution in [0, 0.1) is 0 Å². The highest BCUT2D eigenvalue weighted by atomic mass is 16.6. The molecular formula is C8H16N2O4. The predicted molar refractivity (Wildman–Crippen MR) is 49.3 cm³/mol. The van der Waals surface area contributed by atoms with E-state index in [4.69, 9.17) is 5.84 Å². The Kier molecular flexibility index (Phi) is 6.47. The number of rotatable bonds is 4. The Bertz CT molecular complexity index is 176. The van der Waals surface area contributed by atoms with E-state index >= 15 is 0 Å². The van der Waals surface area contributed by atoms with Crippen LogP contribution in [-0.4, -0.2) is 30.4 Å². The van der Waals surface area contributed by atoms with Gasteiger partial charge in [0, 0.05) is 0 Å². The van der Waals surface area contributed by atoms with Gasteiger partial charge < -0.3 is 9.47 Å². The van der Waals surface area contributed by atoms with Crippen LogP contribution >= 0.6 is 0 Å². The Balaban J connectivity index is 3.85. The molecular weight excluding hydrogens is 188 g/mol. The van der Waals surface area contributed by atoms with Crippen molar-refractivity contribution in [2.75, 3.05) is 13.2 Å². The van der Waals surface area contributed by atoms with Crippen LogP contribution in [-0.2, 0) is 9.47 Å². The molecule has 0 aromatic heterocycles. The fraction of sp³-hybridized carbons (Fsp3) is 0.750. The van der Waals surface area contributed by atoms with Crippen molar-refractivity contribution in [1.29, 1.82) is 0 Å². The highest BCUT2D eigenvalue weighted by Crippen LogP contribution is 1.94. The Hall–Kier alpha value is -1.30. The normalized spacial score (nSPS) is 9.36. The van der Waals surface area contributed by atoms with E-state index in [-0.39, 0.29) is 13.2 Å². The van der Waals surface area contributed by atoms with E-state index < -0.39 is 12.2 Å². The van der Waals surface area contributed by atoms with Crippen LogP contribution < -0.4 is 5.84 Å². The number of nitrogens with zero attached hydrogens (tertiary/aromatic N) is 1. The second-order valence-electron chi connectivity index (χ2n) is 2.60. The first kappa shape index (κ1) is 12.7. The molecule has 82 valence electrons. The van der Waals surface area contributed by atoms with E-state index in [9.17, 15) is 9.59 Å². The number of ether oxygens (including phenoxy) is 2. The summed E-state index contributed by atoms with van der Waals surface area (Å²) in [4.78, 5) is 22.0. The molecule has 0 aromatic rings. The molecule has 0 fully saturated rings. The van der Waals surface area contributed by atoms with Crippen molar-refractivity contribution >= 4 is 12.2 Å². The summed E-state index contributed by atoms with van der Waals surface area (Å²) >= 11 is 0. The van der Waals surface area contributed by atoms with Crippen molar-refractivity contribution in [3.8, 4) is 0 Å². The van der Waals surface area contributed by atoms with Crippen molar-refractivity contribution < 1.29 is 19.1 Å². The van der Waals surface area contributed by atoms with E-state index in [1.54, 1.807) is 0 Å². The molecule has 6 nitrogen and oxygen atoms in total. The average Bonchev–Trinajstić information content (AvgIpc) is 2.21. The maximum Gasteiger partial charge on any atom is 0.434 e. The summed E-state index contributed by atoms with van der Waals surface area (Å²) in [7, 11) is 0. The molecule has 0 saturated carbocycles. The molecule has 0 aliphatic heterocycles. The van der Waals surface area contributed by atoms with Gasteiger partial charge in [0.1, 0.15) is 0 Å². The zero-order valence-corrected chi connectivity index (χ0v) is 8.49. The van der Waals surface area contributed by atoms with Crippen molar-refractivity contribution in [2.45, 2.75) is 26.7 Å². The highest BCUT2D eigenvalue weighted by Gasteiger charge is 2.19. The number of carbonyl (C=O) groups is 2. The topological polar surface area (TPSA) is 81.9 Å². The van der Waals surface area contributed by atoms with Gasteiger partial charge in [0.25, 0.3) is 0 Å². The van der Waals surface area contributed by atoms with E-state index in [1.807, 2.05) is 13.8 Å². The molecule has 0 aliphatic rings. The lowest BCUT2D eigenvalue weighted by atomic mass is 10.5. The van der Waals surface area contributed by atoms with E-state index in [0.29, 0.717) is 17.9 Å². The molecule has 0 bridgehead atoms. The second-order valence-corrected chi connectivity index (χ2v) is 2.60. The third kappa shape index (κ3) is 4.66. The quantitative estimate of drug-likeness (QED) is 0.423. The molecule has 0 unspecified atom stereocenters. The lowest BCUT2D eigenvalue weighted by Gasteiger charge is -2.13. The van der Waals surface area contributed by atoms with Gasteiger partial charge in [-0.1, -0.05) is 13.8 Å². The van der Waals surface area contributed by atoms with E-state index in [0.717, 1.165) is 0 Å². The molecule has 0 spiro atoms. The smallest absolute Gasteiger partial charge is 0.434 e. The molecule has 0 aromatic carbocycles. The van der Waals surface area contributed by atoms with Crippen LogP contribution in [0.15, 0.2) is 0 Å². The first-order valence-corrected chi connectivity index (χ1v) is 4.51. The first-order valence-electron chi connectivity index (χ1n) is 4.51. The fourth-order valence-electron chi connectivity index (χ4n) is 0.592. The van der Waals surface area contributed by atoms with Crippen LogP contribution in [0.3, 0.4) is 0 Å². The molecule has 0 atom stereocenters. The highest BCUT2D eigenvalue weighted by molar-refractivity contribution is 5.86.